The summed E-state index contributed by atoms with van der Waals surface area (Å²) in [7, 11) is 0. The number of hydrogen-bond acceptors (Lipinski definition) is 2. The van der Waals surface area contributed by atoms with Gasteiger partial charge in [0.05, 0.1) is 17.2 Å². The summed E-state index contributed by atoms with van der Waals surface area (Å²) in [5.41, 5.74) is -3.27. The van der Waals surface area contributed by atoms with E-state index in [-0.39, 0.29) is 11.6 Å². The Morgan fingerprint density at radius 2 is 1.52 bits per heavy atom. The molecular weight excluding hydrogens is 302 g/mol. The molecule has 1 rings (SSSR count). The Morgan fingerprint density at radius 3 is 1.90 bits per heavy atom. The molecule has 0 atom stereocenters. The summed E-state index contributed by atoms with van der Waals surface area (Å²) in [6.07, 6.45) is -10.4. The van der Waals surface area contributed by atoms with Gasteiger partial charge in [-0.05, 0) is 23.8 Å². The lowest BCUT2D eigenvalue weighted by atomic mass is 10.0. The average Bonchev–Trinajstić information content (AvgIpc) is 2.34. The largest absolute Gasteiger partial charge is 0.416 e. The van der Waals surface area contributed by atoms with E-state index in [2.05, 4.69) is 5.32 Å². The van der Waals surface area contributed by atoms with Crippen molar-refractivity contribution < 1.29 is 31.1 Å². The van der Waals surface area contributed by atoms with Crippen LogP contribution in [0.4, 0.5) is 26.3 Å². The maximum Gasteiger partial charge on any atom is 0.416 e. The number of nitrogens with zero attached hydrogens (tertiary/aromatic N) is 1. The molecule has 114 valence electrons. The number of carbonyl (C=O) groups excluding carboxylic acids is 1. The van der Waals surface area contributed by atoms with Crippen molar-refractivity contribution in [3.63, 3.8) is 0 Å². The summed E-state index contributed by atoms with van der Waals surface area (Å²) in [5, 5.41) is 10.3. The predicted octanol–water partition coefficient (Wildman–Crippen LogP) is 3.25. The number of nitrogens with one attached hydrogen (secondary N) is 1. The maximum absolute atomic E-state index is 12.6. The molecule has 21 heavy (non-hydrogen) atoms. The smallest absolute Gasteiger partial charge is 0.351 e. The minimum Gasteiger partial charge on any atom is -0.351 e. The van der Waals surface area contributed by atoms with Crippen molar-refractivity contribution in [2.24, 2.45) is 0 Å². The topological polar surface area (TPSA) is 52.9 Å². The third-order valence-electron chi connectivity index (χ3n) is 2.38. The molecule has 0 bridgehead atoms. The molecular formula is C12H8F6N2O. The van der Waals surface area contributed by atoms with Gasteiger partial charge in [-0.15, -0.1) is 0 Å². The van der Waals surface area contributed by atoms with E-state index < -0.39 is 42.4 Å². The second-order valence-corrected chi connectivity index (χ2v) is 4.03. The number of halogens is 6. The lowest BCUT2D eigenvalue weighted by Crippen LogP contribution is -2.22. The fraction of sp³-hybridized carbons (Fsp3) is 0.333. The molecule has 0 aliphatic heterocycles. The minimum absolute atomic E-state index is 0.000595. The molecule has 0 fully saturated rings. The van der Waals surface area contributed by atoms with Crippen LogP contribution < -0.4 is 5.32 Å². The van der Waals surface area contributed by atoms with Crippen molar-refractivity contribution in [3.05, 3.63) is 34.9 Å². The predicted molar refractivity (Wildman–Crippen MR) is 58.5 cm³/mol. The van der Waals surface area contributed by atoms with Gasteiger partial charge in [0.25, 0.3) is 0 Å². The minimum atomic E-state index is -4.94. The fourth-order valence-corrected chi connectivity index (χ4v) is 1.46. The molecule has 0 spiro atoms. The van der Waals surface area contributed by atoms with Crippen LogP contribution in [0.5, 0.6) is 0 Å². The number of nitriles is 1. The van der Waals surface area contributed by atoms with Crippen molar-refractivity contribution in [1.29, 1.82) is 5.26 Å². The third-order valence-corrected chi connectivity index (χ3v) is 2.38. The van der Waals surface area contributed by atoms with Crippen LogP contribution in [-0.4, -0.2) is 5.91 Å². The van der Waals surface area contributed by atoms with Gasteiger partial charge in [0, 0.05) is 6.54 Å². The van der Waals surface area contributed by atoms with Gasteiger partial charge in [-0.1, -0.05) is 0 Å². The Kier molecular flexibility index (Phi) is 4.83. The molecule has 0 saturated heterocycles. The molecule has 1 N–H and O–H groups in total. The molecule has 9 heteroatoms. The standard InChI is InChI=1S/C12H8F6N2O/c13-11(14,15)8-3-7(6-20-10(21)1-2-19)4-9(5-8)12(16,17)18/h3-5H,1,6H2,(H,20,21). The zero-order chi connectivity index (χ0) is 16.3. The SMILES string of the molecule is N#CCC(=O)NCc1cc(C(F)(F)F)cc(C(F)(F)F)c1. The number of amides is 1. The van der Waals surface area contributed by atoms with Crippen LogP contribution in [0.3, 0.4) is 0 Å². The lowest BCUT2D eigenvalue weighted by molar-refractivity contribution is -0.143. The molecule has 1 aromatic carbocycles. The fourth-order valence-electron chi connectivity index (χ4n) is 1.46. The van der Waals surface area contributed by atoms with Gasteiger partial charge in [0.1, 0.15) is 6.42 Å². The van der Waals surface area contributed by atoms with E-state index in [4.69, 9.17) is 5.26 Å². The quantitative estimate of drug-likeness (QED) is 0.871. The van der Waals surface area contributed by atoms with E-state index in [0.717, 1.165) is 0 Å². The van der Waals surface area contributed by atoms with E-state index in [1.807, 2.05) is 0 Å². The van der Waals surface area contributed by atoms with Crippen LogP contribution >= 0.6 is 0 Å². The summed E-state index contributed by atoms with van der Waals surface area (Å²) in [6.45, 7) is -0.534. The molecule has 0 aliphatic carbocycles. The summed E-state index contributed by atoms with van der Waals surface area (Å²) < 4.78 is 75.3. The molecule has 1 amide bonds. The Balaban J connectivity index is 3.09. The Hall–Kier alpha value is -2.24. The molecule has 0 saturated carbocycles. The highest BCUT2D eigenvalue weighted by atomic mass is 19.4. The summed E-state index contributed by atoms with van der Waals surface area (Å²) in [6, 6.07) is 2.54. The van der Waals surface area contributed by atoms with Crippen molar-refractivity contribution >= 4 is 5.91 Å². The second kappa shape index (κ2) is 6.03. The second-order valence-electron chi connectivity index (χ2n) is 4.03. The normalized spacial score (nSPS) is 11.9. The van der Waals surface area contributed by atoms with Gasteiger partial charge >= 0.3 is 12.4 Å². The van der Waals surface area contributed by atoms with Crippen LogP contribution in [0.2, 0.25) is 0 Å². The van der Waals surface area contributed by atoms with Crippen molar-refractivity contribution in [3.8, 4) is 6.07 Å². The number of carbonyl (C=O) groups is 1. The van der Waals surface area contributed by atoms with E-state index in [1.54, 1.807) is 0 Å². The van der Waals surface area contributed by atoms with E-state index in [1.165, 1.54) is 6.07 Å². The molecule has 0 aromatic heterocycles. The summed E-state index contributed by atoms with van der Waals surface area (Å²) in [5.74, 6) is -0.788. The van der Waals surface area contributed by atoms with Crippen LogP contribution in [0.15, 0.2) is 18.2 Å². The molecule has 3 nitrogen and oxygen atoms in total. The number of alkyl halides is 6. The first-order valence-corrected chi connectivity index (χ1v) is 5.46. The van der Waals surface area contributed by atoms with Crippen molar-refractivity contribution in [1.82, 2.24) is 5.32 Å². The Bertz CT molecular complexity index is 538. The highest BCUT2D eigenvalue weighted by Crippen LogP contribution is 2.36. The summed E-state index contributed by atoms with van der Waals surface area (Å²) >= 11 is 0. The first kappa shape index (κ1) is 16.8. The van der Waals surface area contributed by atoms with E-state index in [0.29, 0.717) is 12.1 Å². The van der Waals surface area contributed by atoms with Gasteiger partial charge in [-0.25, -0.2) is 0 Å². The van der Waals surface area contributed by atoms with Gasteiger partial charge in [0.2, 0.25) is 5.91 Å². The molecule has 0 aliphatic rings. The highest BCUT2D eigenvalue weighted by Gasteiger charge is 2.36. The maximum atomic E-state index is 12.6. The van der Waals surface area contributed by atoms with Crippen LogP contribution in [0.1, 0.15) is 23.1 Å². The number of hydrogen-bond donors (Lipinski definition) is 1. The zero-order valence-corrected chi connectivity index (χ0v) is 10.3. The van der Waals surface area contributed by atoms with Crippen molar-refractivity contribution in [2.75, 3.05) is 0 Å². The molecule has 0 radical (unpaired) electrons. The summed E-state index contributed by atoms with van der Waals surface area (Å²) in [4.78, 5) is 11.0. The average molecular weight is 310 g/mol. The van der Waals surface area contributed by atoms with Gasteiger partial charge in [0.15, 0.2) is 0 Å². The first-order valence-electron chi connectivity index (χ1n) is 5.46. The Morgan fingerprint density at radius 1 is 1.05 bits per heavy atom. The van der Waals surface area contributed by atoms with Gasteiger partial charge in [-0.2, -0.15) is 31.6 Å². The number of rotatable bonds is 3. The zero-order valence-electron chi connectivity index (χ0n) is 10.3. The lowest BCUT2D eigenvalue weighted by Gasteiger charge is -2.14. The van der Waals surface area contributed by atoms with Gasteiger partial charge < -0.3 is 5.32 Å². The first-order chi connectivity index (χ1) is 9.54. The van der Waals surface area contributed by atoms with Crippen LogP contribution in [0, 0.1) is 11.3 Å². The highest BCUT2D eigenvalue weighted by molar-refractivity contribution is 5.77. The van der Waals surface area contributed by atoms with Gasteiger partial charge in [-0.3, -0.25) is 4.79 Å². The molecule has 0 unspecified atom stereocenters. The van der Waals surface area contributed by atoms with E-state index >= 15 is 0 Å². The molecule has 1 aromatic rings. The van der Waals surface area contributed by atoms with Crippen LogP contribution in [-0.2, 0) is 23.7 Å². The van der Waals surface area contributed by atoms with E-state index in [9.17, 15) is 31.1 Å². The van der Waals surface area contributed by atoms with Crippen molar-refractivity contribution in [2.45, 2.75) is 25.3 Å². The third kappa shape index (κ3) is 4.98. The Labute approximate surface area is 115 Å². The number of benzene rings is 1. The monoisotopic (exact) mass is 310 g/mol. The van der Waals surface area contributed by atoms with Crippen LogP contribution in [0.25, 0.3) is 0 Å². The molecule has 0 heterocycles.